The fraction of sp³-hybridized carbons (Fsp3) is 0.364. The van der Waals surface area contributed by atoms with Crippen molar-refractivity contribution in [2.24, 2.45) is 0 Å². The third-order valence-electron chi connectivity index (χ3n) is 2.30. The van der Waals surface area contributed by atoms with Gasteiger partial charge >= 0.3 is 0 Å². The van der Waals surface area contributed by atoms with Crippen LogP contribution in [0, 0.1) is 0 Å². The Balaban J connectivity index is 0.000000352. The van der Waals surface area contributed by atoms with Crippen LogP contribution in [0.5, 0.6) is 0 Å². The first kappa shape index (κ1) is 17.2. The Labute approximate surface area is 122 Å². The summed E-state index contributed by atoms with van der Waals surface area (Å²) in [5.74, 6) is -0.348. The molecule has 1 aliphatic rings. The zero-order chi connectivity index (χ0) is 13.1. The predicted molar refractivity (Wildman–Crippen MR) is 74.3 cm³/mol. The molecule has 1 aromatic rings. The molecule has 0 bridgehead atoms. The highest BCUT2D eigenvalue weighted by atomic mass is 79.9. The second-order valence-corrected chi connectivity index (χ2v) is 5.55. The molecule has 0 aliphatic carbocycles. The van der Waals surface area contributed by atoms with Crippen molar-refractivity contribution >= 4 is 43.8 Å². The van der Waals surface area contributed by atoms with Crippen molar-refractivity contribution in [2.45, 2.75) is 24.2 Å². The summed E-state index contributed by atoms with van der Waals surface area (Å²) in [4.78, 5) is 25.6. The molecule has 1 amide bonds. The van der Waals surface area contributed by atoms with Crippen LogP contribution in [0.25, 0.3) is 0 Å². The molecule has 1 atom stereocenters. The molecule has 1 unspecified atom stereocenters. The maximum absolute atomic E-state index is 11.3. The Morgan fingerprint density at radius 2 is 1.72 bits per heavy atom. The maximum atomic E-state index is 11.3. The monoisotopic (exact) mass is 382 g/mol. The van der Waals surface area contributed by atoms with Crippen molar-refractivity contribution in [1.82, 2.24) is 8.91 Å². The number of carbonyl (C=O) groups excluding carboxylic acids is 2. The predicted octanol–water partition coefficient (Wildman–Crippen LogP) is 2.48. The lowest BCUT2D eigenvalue weighted by molar-refractivity contribution is -0.124. The van der Waals surface area contributed by atoms with Gasteiger partial charge in [-0.2, -0.15) is 0 Å². The number of ketones is 1. The number of aromatic nitrogens is 1. The van der Waals surface area contributed by atoms with Gasteiger partial charge in [0.2, 0.25) is 0 Å². The fourth-order valence-corrected chi connectivity index (χ4v) is 2.63. The molecule has 1 aliphatic heterocycles. The number of Topliss-reactive ketones (excluding diaryl/α,β-unsaturated/α-hetero) is 1. The number of rotatable bonds is 0. The molecule has 0 radical (unpaired) electrons. The Bertz CT molecular complexity index is 388. The van der Waals surface area contributed by atoms with E-state index in [1.165, 1.54) is 3.93 Å². The minimum atomic E-state index is -0.731. The van der Waals surface area contributed by atoms with E-state index in [4.69, 9.17) is 0 Å². The maximum Gasteiger partial charge on any atom is 0.254 e. The van der Waals surface area contributed by atoms with Crippen molar-refractivity contribution in [3.8, 4) is 0 Å². The van der Waals surface area contributed by atoms with Crippen LogP contribution < -0.4 is 0 Å². The molecule has 18 heavy (non-hydrogen) atoms. The molecule has 2 heterocycles. The van der Waals surface area contributed by atoms with Crippen LogP contribution in [0.15, 0.2) is 30.6 Å². The highest BCUT2D eigenvalue weighted by Crippen LogP contribution is 2.32. The SMILES string of the molecule is CC1(C)C(=O)C(Br)C(=O)N1Br.F.c1ccncc1. The molecule has 4 nitrogen and oxygen atoms in total. The van der Waals surface area contributed by atoms with Crippen LogP contribution in [0.2, 0.25) is 0 Å². The van der Waals surface area contributed by atoms with Gasteiger partial charge in [-0.3, -0.25) is 23.2 Å². The van der Waals surface area contributed by atoms with E-state index in [2.05, 4.69) is 37.1 Å². The van der Waals surface area contributed by atoms with E-state index in [1.807, 2.05) is 18.2 Å². The molecule has 1 aromatic heterocycles. The molecule has 1 saturated heterocycles. The van der Waals surface area contributed by atoms with Gasteiger partial charge in [-0.15, -0.1) is 0 Å². The molecule has 7 heteroatoms. The molecule has 0 aromatic carbocycles. The summed E-state index contributed by atoms with van der Waals surface area (Å²) < 4.78 is 1.28. The number of alkyl halides is 1. The van der Waals surface area contributed by atoms with Gasteiger partial charge in [-0.25, -0.2) is 0 Å². The molecule has 0 N–H and O–H groups in total. The van der Waals surface area contributed by atoms with Crippen molar-refractivity contribution in [3.63, 3.8) is 0 Å². The van der Waals surface area contributed by atoms with Crippen LogP contribution in [-0.4, -0.2) is 31.0 Å². The van der Waals surface area contributed by atoms with E-state index >= 15 is 0 Å². The second kappa shape index (κ2) is 6.94. The summed E-state index contributed by atoms with van der Waals surface area (Å²) in [6, 6.07) is 5.72. The normalized spacial score (nSPS) is 20.9. The highest BCUT2D eigenvalue weighted by Gasteiger charge is 2.51. The third-order valence-corrected chi connectivity index (χ3v) is 4.34. The van der Waals surface area contributed by atoms with Gasteiger partial charge in [0.25, 0.3) is 5.91 Å². The zero-order valence-corrected chi connectivity index (χ0v) is 13.0. The second-order valence-electron chi connectivity index (χ2n) is 3.93. The molecule has 0 saturated carbocycles. The lowest BCUT2D eigenvalue weighted by atomic mass is 10.0. The Morgan fingerprint density at radius 3 is 1.83 bits per heavy atom. The summed E-state index contributed by atoms with van der Waals surface area (Å²) in [6.07, 6.45) is 3.50. The summed E-state index contributed by atoms with van der Waals surface area (Å²) >= 11 is 6.05. The molecular formula is C11H13Br2FN2O2. The number of pyridine rings is 1. The Kier molecular flexibility index (Phi) is 6.62. The number of nitrogens with zero attached hydrogens (tertiary/aromatic N) is 2. The van der Waals surface area contributed by atoms with E-state index in [-0.39, 0.29) is 16.4 Å². The highest BCUT2D eigenvalue weighted by molar-refractivity contribution is 9.10. The first-order valence-corrected chi connectivity index (χ1v) is 6.54. The number of amides is 1. The van der Waals surface area contributed by atoms with Gasteiger partial charge in [0.1, 0.15) is 5.54 Å². The van der Waals surface area contributed by atoms with Gasteiger partial charge in [-0.05, 0) is 26.0 Å². The lowest BCUT2D eigenvalue weighted by Gasteiger charge is -2.22. The first-order chi connectivity index (χ1) is 7.89. The Hall–Kier alpha value is -0.820. The van der Waals surface area contributed by atoms with Crippen LogP contribution in [0.3, 0.4) is 0 Å². The number of carbonyl (C=O) groups is 2. The molecule has 1 fully saturated rings. The van der Waals surface area contributed by atoms with E-state index in [0.29, 0.717) is 0 Å². The lowest BCUT2D eigenvalue weighted by Crippen LogP contribution is -2.37. The summed E-state index contributed by atoms with van der Waals surface area (Å²) in [5, 5.41) is 0. The first-order valence-electron chi connectivity index (χ1n) is 4.92. The Morgan fingerprint density at radius 1 is 1.22 bits per heavy atom. The van der Waals surface area contributed by atoms with Crippen LogP contribution in [0.1, 0.15) is 13.8 Å². The number of hydrogen-bond acceptors (Lipinski definition) is 3. The van der Waals surface area contributed by atoms with Crippen molar-refractivity contribution in [1.29, 1.82) is 0 Å². The van der Waals surface area contributed by atoms with E-state index in [9.17, 15) is 9.59 Å². The molecule has 100 valence electrons. The average molecular weight is 384 g/mol. The molecular weight excluding hydrogens is 371 g/mol. The standard InChI is InChI=1S/C6H7Br2NO2.C5H5N.FH/c1-6(2)4(10)3(7)5(11)9(6)8;1-2-4-6-5-3-1;/h3H,1-2H3;1-5H;1H. The summed E-state index contributed by atoms with van der Waals surface area (Å²) in [5.41, 5.74) is -0.731. The minimum Gasteiger partial charge on any atom is -0.295 e. The topological polar surface area (TPSA) is 50.3 Å². The van der Waals surface area contributed by atoms with Crippen LogP contribution >= 0.6 is 32.1 Å². The van der Waals surface area contributed by atoms with Gasteiger partial charge in [0.05, 0.1) is 16.1 Å². The largest absolute Gasteiger partial charge is 0.295 e. The van der Waals surface area contributed by atoms with Gasteiger partial charge in [0.15, 0.2) is 10.6 Å². The molecule has 2 rings (SSSR count). The average Bonchev–Trinajstić information content (AvgIpc) is 2.48. The summed E-state index contributed by atoms with van der Waals surface area (Å²) in [6.45, 7) is 3.40. The minimum absolute atomic E-state index is 0. The van der Waals surface area contributed by atoms with Gasteiger partial charge < -0.3 is 0 Å². The molecule has 0 spiro atoms. The number of hydrogen-bond donors (Lipinski definition) is 0. The van der Waals surface area contributed by atoms with E-state index in [0.717, 1.165) is 0 Å². The van der Waals surface area contributed by atoms with Crippen molar-refractivity contribution in [3.05, 3.63) is 30.6 Å². The van der Waals surface area contributed by atoms with Gasteiger partial charge in [-0.1, -0.05) is 22.0 Å². The van der Waals surface area contributed by atoms with Crippen molar-refractivity contribution < 1.29 is 14.3 Å². The summed E-state index contributed by atoms with van der Waals surface area (Å²) in [7, 11) is 0. The smallest absolute Gasteiger partial charge is 0.254 e. The van der Waals surface area contributed by atoms with E-state index < -0.39 is 10.4 Å². The van der Waals surface area contributed by atoms with Crippen LogP contribution in [0.4, 0.5) is 4.70 Å². The van der Waals surface area contributed by atoms with Gasteiger partial charge in [0, 0.05) is 12.4 Å². The van der Waals surface area contributed by atoms with Crippen LogP contribution in [-0.2, 0) is 9.59 Å². The van der Waals surface area contributed by atoms with E-state index in [1.54, 1.807) is 26.2 Å². The fourth-order valence-electron chi connectivity index (χ4n) is 1.21. The number of halogens is 3. The zero-order valence-electron chi connectivity index (χ0n) is 9.84. The van der Waals surface area contributed by atoms with Crippen molar-refractivity contribution in [2.75, 3.05) is 0 Å². The third kappa shape index (κ3) is 3.58. The quantitative estimate of drug-likeness (QED) is 0.393.